The van der Waals surface area contributed by atoms with Gasteiger partial charge in [-0.3, -0.25) is 9.69 Å². The fraction of sp³-hybridized carbons (Fsp3) is 0.333. The van der Waals surface area contributed by atoms with E-state index in [-0.39, 0.29) is 12.0 Å². The molecule has 2 aliphatic rings. The van der Waals surface area contributed by atoms with E-state index in [1.54, 1.807) is 4.90 Å². The maximum Gasteiger partial charge on any atom is 0.266 e. The van der Waals surface area contributed by atoms with E-state index in [1.807, 2.05) is 49.4 Å². The van der Waals surface area contributed by atoms with E-state index < -0.39 is 0 Å². The molecular formula is C24H23ClINO4S2. The lowest BCUT2D eigenvalue weighted by Crippen LogP contribution is -2.35. The van der Waals surface area contributed by atoms with E-state index >= 15 is 0 Å². The Labute approximate surface area is 221 Å². The second-order valence-electron chi connectivity index (χ2n) is 7.61. The third-order valence-corrected chi connectivity index (χ3v) is 7.60. The number of hydrogen-bond acceptors (Lipinski definition) is 6. The van der Waals surface area contributed by atoms with Crippen LogP contribution < -0.4 is 9.47 Å². The van der Waals surface area contributed by atoms with Gasteiger partial charge in [0, 0.05) is 11.6 Å². The first-order chi connectivity index (χ1) is 15.9. The lowest BCUT2D eigenvalue weighted by Gasteiger charge is -2.18. The van der Waals surface area contributed by atoms with Crippen molar-refractivity contribution in [3.63, 3.8) is 0 Å². The third kappa shape index (κ3) is 6.22. The summed E-state index contributed by atoms with van der Waals surface area (Å²) in [4.78, 5) is 15.2. The van der Waals surface area contributed by atoms with Gasteiger partial charge in [0.15, 0.2) is 11.5 Å². The molecule has 0 spiro atoms. The molecule has 9 heteroatoms. The molecule has 2 fully saturated rings. The second-order valence-corrected chi connectivity index (χ2v) is 10.9. The van der Waals surface area contributed by atoms with Crippen molar-refractivity contribution in [1.29, 1.82) is 0 Å². The fourth-order valence-corrected chi connectivity index (χ4v) is 5.93. The molecule has 2 aromatic rings. The molecule has 0 unspecified atom stereocenters. The summed E-state index contributed by atoms with van der Waals surface area (Å²) in [6.45, 7) is 4.06. The predicted molar refractivity (Wildman–Crippen MR) is 145 cm³/mol. The molecular weight excluding hydrogens is 593 g/mol. The first-order valence-electron chi connectivity index (χ1n) is 10.6. The molecule has 4 rings (SSSR count). The smallest absolute Gasteiger partial charge is 0.266 e. The number of thioether (sulfide) groups is 1. The Morgan fingerprint density at radius 1 is 1.33 bits per heavy atom. The van der Waals surface area contributed by atoms with Gasteiger partial charge in [-0.15, -0.1) is 0 Å². The molecule has 2 heterocycles. The minimum atomic E-state index is -0.0743. The SMILES string of the molecule is CCOc1cc(/C=C2\SC(=S)N(C[C@H]3CCCO3)C2=O)cc(I)c1OCc1cccc(Cl)c1. The number of halogens is 2. The quantitative estimate of drug-likeness (QED) is 0.197. The number of thiocarbonyl (C=S) groups is 1. The Kier molecular flexibility index (Phi) is 8.56. The molecule has 1 amide bonds. The van der Waals surface area contributed by atoms with Gasteiger partial charge in [-0.1, -0.05) is 47.7 Å². The number of ether oxygens (including phenoxy) is 3. The van der Waals surface area contributed by atoms with E-state index in [0.717, 1.165) is 34.1 Å². The normalized spacial score (nSPS) is 19.5. The van der Waals surface area contributed by atoms with Crippen LogP contribution in [0.1, 0.15) is 30.9 Å². The Morgan fingerprint density at radius 2 is 2.18 bits per heavy atom. The summed E-state index contributed by atoms with van der Waals surface area (Å²) in [6.07, 6.45) is 3.91. The highest BCUT2D eigenvalue weighted by Gasteiger charge is 2.34. The maximum absolute atomic E-state index is 13.0. The number of amides is 1. The Balaban J connectivity index is 1.53. The maximum atomic E-state index is 13.0. The van der Waals surface area contributed by atoms with Crippen LogP contribution in [0.2, 0.25) is 5.02 Å². The zero-order valence-corrected chi connectivity index (χ0v) is 22.6. The van der Waals surface area contributed by atoms with Crippen molar-refractivity contribution >= 4 is 74.5 Å². The van der Waals surface area contributed by atoms with E-state index in [4.69, 9.17) is 38.0 Å². The Hall–Kier alpha value is -1.33. The summed E-state index contributed by atoms with van der Waals surface area (Å²) in [5.74, 6) is 1.22. The number of hydrogen-bond donors (Lipinski definition) is 0. The zero-order chi connectivity index (χ0) is 23.4. The first kappa shape index (κ1) is 24.8. The lowest BCUT2D eigenvalue weighted by atomic mass is 10.1. The van der Waals surface area contributed by atoms with Crippen molar-refractivity contribution in [2.45, 2.75) is 32.5 Å². The predicted octanol–water partition coefficient (Wildman–Crippen LogP) is 6.30. The fourth-order valence-electron chi connectivity index (χ4n) is 3.66. The standard InChI is InChI=1S/C24H23ClINO4S2/c1-2-29-20-11-16(10-19(26)22(20)31-14-15-5-3-6-17(25)9-15)12-21-23(28)27(24(32)33-21)13-18-7-4-8-30-18/h3,5-6,9-12,18H,2,4,7-8,13-14H2,1H3/b21-12-/t18-/m1/s1. The lowest BCUT2D eigenvalue weighted by molar-refractivity contribution is -0.123. The molecule has 174 valence electrons. The third-order valence-electron chi connectivity index (χ3n) is 5.19. The average molecular weight is 616 g/mol. The first-order valence-corrected chi connectivity index (χ1v) is 13.3. The highest BCUT2D eigenvalue weighted by Crippen LogP contribution is 2.38. The molecule has 0 bridgehead atoms. The van der Waals surface area contributed by atoms with Gasteiger partial charge in [0.2, 0.25) is 0 Å². The van der Waals surface area contributed by atoms with Crippen molar-refractivity contribution in [3.8, 4) is 11.5 Å². The molecule has 0 aliphatic carbocycles. The van der Waals surface area contributed by atoms with Gasteiger partial charge in [0.25, 0.3) is 5.91 Å². The van der Waals surface area contributed by atoms with Crippen LogP contribution >= 0.6 is 58.2 Å². The van der Waals surface area contributed by atoms with Crippen LogP contribution in [0.3, 0.4) is 0 Å². The summed E-state index contributed by atoms with van der Waals surface area (Å²) in [6, 6.07) is 11.4. The molecule has 0 N–H and O–H groups in total. The van der Waals surface area contributed by atoms with Crippen LogP contribution in [0.5, 0.6) is 11.5 Å². The van der Waals surface area contributed by atoms with Gasteiger partial charge in [-0.05, 0) is 83.8 Å². The molecule has 33 heavy (non-hydrogen) atoms. The van der Waals surface area contributed by atoms with Crippen molar-refractivity contribution in [1.82, 2.24) is 4.90 Å². The number of carbonyl (C=O) groups is 1. The molecule has 5 nitrogen and oxygen atoms in total. The van der Waals surface area contributed by atoms with Gasteiger partial charge in [0.05, 0.1) is 27.7 Å². The largest absolute Gasteiger partial charge is 0.490 e. The minimum Gasteiger partial charge on any atom is -0.490 e. The summed E-state index contributed by atoms with van der Waals surface area (Å²) in [5, 5.41) is 0.669. The van der Waals surface area contributed by atoms with Gasteiger partial charge >= 0.3 is 0 Å². The van der Waals surface area contributed by atoms with Crippen molar-refractivity contribution < 1.29 is 19.0 Å². The molecule has 0 saturated carbocycles. The number of benzene rings is 2. The van der Waals surface area contributed by atoms with Gasteiger partial charge in [0.1, 0.15) is 10.9 Å². The summed E-state index contributed by atoms with van der Waals surface area (Å²) in [7, 11) is 0. The van der Waals surface area contributed by atoms with E-state index in [9.17, 15) is 4.79 Å². The summed E-state index contributed by atoms with van der Waals surface area (Å²) in [5.41, 5.74) is 1.83. The molecule has 1 atom stereocenters. The summed E-state index contributed by atoms with van der Waals surface area (Å²) < 4.78 is 19.1. The molecule has 0 radical (unpaired) electrons. The van der Waals surface area contributed by atoms with Gasteiger partial charge in [-0.2, -0.15) is 0 Å². The van der Waals surface area contributed by atoms with Crippen LogP contribution in [-0.2, 0) is 16.1 Å². The van der Waals surface area contributed by atoms with Crippen LogP contribution in [-0.4, -0.2) is 41.0 Å². The van der Waals surface area contributed by atoms with Crippen LogP contribution in [0, 0.1) is 3.57 Å². The van der Waals surface area contributed by atoms with Gasteiger partial charge in [-0.25, -0.2) is 0 Å². The number of nitrogens with zero attached hydrogens (tertiary/aromatic N) is 1. The highest BCUT2D eigenvalue weighted by molar-refractivity contribution is 14.1. The summed E-state index contributed by atoms with van der Waals surface area (Å²) >= 11 is 15.1. The molecule has 2 aromatic carbocycles. The van der Waals surface area contributed by atoms with E-state index in [0.29, 0.717) is 45.5 Å². The molecule has 2 aliphatic heterocycles. The Bertz CT molecular complexity index is 1090. The molecule has 2 saturated heterocycles. The number of rotatable bonds is 8. The van der Waals surface area contributed by atoms with E-state index in [2.05, 4.69) is 22.6 Å². The monoisotopic (exact) mass is 615 g/mol. The average Bonchev–Trinajstić information content (AvgIpc) is 3.38. The van der Waals surface area contributed by atoms with Crippen LogP contribution in [0.25, 0.3) is 6.08 Å². The Morgan fingerprint density at radius 3 is 2.91 bits per heavy atom. The topological polar surface area (TPSA) is 48.0 Å². The second kappa shape index (κ2) is 11.4. The van der Waals surface area contributed by atoms with Crippen LogP contribution in [0.4, 0.5) is 0 Å². The van der Waals surface area contributed by atoms with E-state index in [1.165, 1.54) is 11.8 Å². The highest BCUT2D eigenvalue weighted by atomic mass is 127. The van der Waals surface area contributed by atoms with Crippen molar-refractivity contribution in [2.24, 2.45) is 0 Å². The molecule has 0 aromatic heterocycles. The zero-order valence-electron chi connectivity index (χ0n) is 18.0. The van der Waals surface area contributed by atoms with Crippen LogP contribution in [0.15, 0.2) is 41.3 Å². The van der Waals surface area contributed by atoms with Gasteiger partial charge < -0.3 is 14.2 Å². The van der Waals surface area contributed by atoms with Crippen molar-refractivity contribution in [2.75, 3.05) is 19.8 Å². The van der Waals surface area contributed by atoms with Crippen molar-refractivity contribution in [3.05, 3.63) is 61.0 Å². The number of carbonyl (C=O) groups excluding carboxylic acids is 1. The minimum absolute atomic E-state index is 0.0632.